The monoisotopic (exact) mass is 544 g/mol. The van der Waals surface area contributed by atoms with Crippen molar-refractivity contribution in [3.63, 3.8) is 0 Å². The lowest BCUT2D eigenvalue weighted by molar-refractivity contribution is -0.142. The number of methoxy groups -OCH3 is 1. The molecule has 3 unspecified atom stereocenters. The highest BCUT2D eigenvalue weighted by atomic mass is 19.1. The van der Waals surface area contributed by atoms with Crippen LogP contribution in [0.4, 0.5) is 10.2 Å². The summed E-state index contributed by atoms with van der Waals surface area (Å²) in [7, 11) is 1.48. The molecular formula is C28H41FN6O4. The standard InChI is InChI=1S/C28H41FN6O4/c1-39-23(18-29)19-34(16-3-2-7-21-11-10-20-6-5-14-30-26(20)32-21)17-13-24(28(37)38)33-27(36)25-9-4-8-22-12-15-31-35(22)25/h10-12,15,23-25H,2-9,13-14,16-19H2,1H3,(H,30,32)(H,33,36)(H,37,38). The summed E-state index contributed by atoms with van der Waals surface area (Å²) in [6, 6.07) is 4.59. The molecule has 0 aromatic carbocycles. The van der Waals surface area contributed by atoms with Crippen LogP contribution in [-0.4, -0.2) is 88.8 Å². The summed E-state index contributed by atoms with van der Waals surface area (Å²) >= 11 is 0. The maximum atomic E-state index is 13.4. The summed E-state index contributed by atoms with van der Waals surface area (Å²) in [6.07, 6.45) is 8.41. The third-order valence-corrected chi connectivity index (χ3v) is 7.69. The maximum absolute atomic E-state index is 13.4. The van der Waals surface area contributed by atoms with Crippen LogP contribution in [0, 0.1) is 0 Å². The van der Waals surface area contributed by atoms with Crippen LogP contribution in [0.3, 0.4) is 0 Å². The maximum Gasteiger partial charge on any atom is 0.326 e. The van der Waals surface area contributed by atoms with Gasteiger partial charge in [-0.05, 0) is 82.0 Å². The fourth-order valence-electron chi connectivity index (χ4n) is 5.42. The molecule has 2 aromatic rings. The fourth-order valence-corrected chi connectivity index (χ4v) is 5.42. The minimum Gasteiger partial charge on any atom is -0.480 e. The van der Waals surface area contributed by atoms with Crippen molar-refractivity contribution in [1.82, 2.24) is 25.0 Å². The number of carbonyl (C=O) groups is 2. The summed E-state index contributed by atoms with van der Waals surface area (Å²) in [5, 5.41) is 20.2. The number of aryl methyl sites for hydroxylation is 3. The normalized spacial score (nSPS) is 18.1. The van der Waals surface area contributed by atoms with Gasteiger partial charge in [0.05, 0.1) is 6.10 Å². The first-order valence-electron chi connectivity index (χ1n) is 14.1. The van der Waals surface area contributed by atoms with Crippen LogP contribution >= 0.6 is 0 Å². The second kappa shape index (κ2) is 14.4. The van der Waals surface area contributed by atoms with Gasteiger partial charge in [-0.25, -0.2) is 14.2 Å². The molecule has 4 heterocycles. The second-order valence-electron chi connectivity index (χ2n) is 10.5. The fraction of sp³-hybridized carbons (Fsp3) is 0.643. The SMILES string of the molecule is COC(CF)CN(CCCCc1ccc2c(n1)NCCC2)CCC(NC(=O)C1CCCc2ccnn21)C(=O)O. The van der Waals surface area contributed by atoms with Gasteiger partial charge < -0.3 is 25.4 Å². The molecule has 2 aromatic heterocycles. The molecule has 0 bridgehead atoms. The molecule has 4 rings (SSSR count). The predicted octanol–water partition coefficient (Wildman–Crippen LogP) is 2.78. The van der Waals surface area contributed by atoms with Crippen molar-refractivity contribution in [2.45, 2.75) is 76.0 Å². The summed E-state index contributed by atoms with van der Waals surface area (Å²) in [5.41, 5.74) is 3.30. The van der Waals surface area contributed by atoms with Gasteiger partial charge >= 0.3 is 5.97 Å². The number of amides is 1. The van der Waals surface area contributed by atoms with E-state index in [4.69, 9.17) is 9.72 Å². The quantitative estimate of drug-likeness (QED) is 0.293. The molecule has 0 radical (unpaired) electrons. The minimum atomic E-state index is -1.08. The van der Waals surface area contributed by atoms with E-state index in [0.29, 0.717) is 26.1 Å². The van der Waals surface area contributed by atoms with Crippen LogP contribution in [0.5, 0.6) is 0 Å². The number of carbonyl (C=O) groups excluding carboxylic acids is 1. The number of alkyl halides is 1. The van der Waals surface area contributed by atoms with E-state index in [1.54, 1.807) is 10.9 Å². The molecular weight excluding hydrogens is 503 g/mol. The van der Waals surface area contributed by atoms with Crippen LogP contribution in [0.25, 0.3) is 0 Å². The summed E-state index contributed by atoms with van der Waals surface area (Å²) in [6.45, 7) is 1.76. The molecule has 11 heteroatoms. The van der Waals surface area contributed by atoms with Crippen molar-refractivity contribution in [3.05, 3.63) is 41.3 Å². The van der Waals surface area contributed by atoms with Gasteiger partial charge in [0.15, 0.2) is 0 Å². The third-order valence-electron chi connectivity index (χ3n) is 7.69. The zero-order chi connectivity index (χ0) is 27.6. The van der Waals surface area contributed by atoms with Gasteiger partial charge in [0.2, 0.25) is 5.91 Å². The van der Waals surface area contributed by atoms with Crippen LogP contribution < -0.4 is 10.6 Å². The number of hydrogen-bond acceptors (Lipinski definition) is 7. The van der Waals surface area contributed by atoms with E-state index in [9.17, 15) is 19.1 Å². The topological polar surface area (TPSA) is 122 Å². The van der Waals surface area contributed by atoms with Crippen molar-refractivity contribution in [2.75, 3.05) is 45.3 Å². The number of rotatable bonds is 15. The van der Waals surface area contributed by atoms with Crippen molar-refractivity contribution >= 4 is 17.7 Å². The Morgan fingerprint density at radius 1 is 1.26 bits per heavy atom. The zero-order valence-electron chi connectivity index (χ0n) is 22.8. The minimum absolute atomic E-state index is 0.209. The number of nitrogens with one attached hydrogen (secondary N) is 2. The van der Waals surface area contributed by atoms with E-state index >= 15 is 0 Å². The zero-order valence-corrected chi connectivity index (χ0v) is 22.8. The Labute approximate surface area is 229 Å². The lowest BCUT2D eigenvalue weighted by atomic mass is 10.0. The average Bonchev–Trinajstić information content (AvgIpc) is 3.44. The van der Waals surface area contributed by atoms with E-state index in [-0.39, 0.29) is 12.3 Å². The lowest BCUT2D eigenvalue weighted by Gasteiger charge is -2.28. The van der Waals surface area contributed by atoms with Gasteiger partial charge in [-0.3, -0.25) is 9.48 Å². The van der Waals surface area contributed by atoms with Gasteiger partial charge in [0.1, 0.15) is 24.6 Å². The van der Waals surface area contributed by atoms with Crippen LogP contribution in [-0.2, 0) is 33.6 Å². The van der Waals surface area contributed by atoms with Gasteiger partial charge in [0, 0.05) is 44.3 Å². The van der Waals surface area contributed by atoms with Crippen molar-refractivity contribution < 1.29 is 23.8 Å². The van der Waals surface area contributed by atoms with Gasteiger partial charge in [-0.2, -0.15) is 5.10 Å². The Hall–Kier alpha value is -3.05. The molecule has 2 aliphatic heterocycles. The van der Waals surface area contributed by atoms with Gasteiger partial charge in [0.25, 0.3) is 0 Å². The first-order chi connectivity index (χ1) is 19.0. The van der Waals surface area contributed by atoms with Crippen molar-refractivity contribution in [2.24, 2.45) is 0 Å². The summed E-state index contributed by atoms with van der Waals surface area (Å²) in [4.78, 5) is 31.8. The molecule has 1 amide bonds. The largest absolute Gasteiger partial charge is 0.480 e. The Morgan fingerprint density at radius 3 is 2.92 bits per heavy atom. The summed E-state index contributed by atoms with van der Waals surface area (Å²) < 4.78 is 20.4. The van der Waals surface area contributed by atoms with E-state index in [2.05, 4.69) is 27.9 Å². The first-order valence-corrected chi connectivity index (χ1v) is 14.1. The number of nitrogens with zero attached hydrogens (tertiary/aromatic N) is 4. The Balaban J connectivity index is 1.29. The molecule has 39 heavy (non-hydrogen) atoms. The molecule has 2 aliphatic rings. The smallest absolute Gasteiger partial charge is 0.326 e. The molecule has 214 valence electrons. The number of anilines is 1. The summed E-state index contributed by atoms with van der Waals surface area (Å²) in [5.74, 6) is -0.421. The number of hydrogen-bond donors (Lipinski definition) is 3. The predicted molar refractivity (Wildman–Crippen MR) is 146 cm³/mol. The van der Waals surface area contributed by atoms with Crippen LogP contribution in [0.15, 0.2) is 24.4 Å². The molecule has 3 atom stereocenters. The third kappa shape index (κ3) is 7.98. The van der Waals surface area contributed by atoms with Crippen molar-refractivity contribution in [3.8, 4) is 0 Å². The number of aliphatic carboxylic acids is 1. The first kappa shape index (κ1) is 28.9. The lowest BCUT2D eigenvalue weighted by Crippen LogP contribution is -2.47. The molecule has 3 N–H and O–H groups in total. The van der Waals surface area contributed by atoms with Gasteiger partial charge in [-0.1, -0.05) is 6.07 Å². The van der Waals surface area contributed by atoms with Crippen LogP contribution in [0.1, 0.15) is 61.5 Å². The molecule has 0 saturated heterocycles. The highest BCUT2D eigenvalue weighted by Crippen LogP contribution is 2.24. The average molecular weight is 545 g/mol. The Bertz CT molecular complexity index is 1090. The number of fused-ring (bicyclic) bond motifs is 2. The number of unbranched alkanes of at least 4 members (excludes halogenated alkanes) is 1. The Morgan fingerprint density at radius 2 is 2.13 bits per heavy atom. The molecule has 0 saturated carbocycles. The van der Waals surface area contributed by atoms with E-state index < -0.39 is 30.8 Å². The van der Waals surface area contributed by atoms with Crippen molar-refractivity contribution in [1.29, 1.82) is 0 Å². The van der Waals surface area contributed by atoms with Gasteiger partial charge in [-0.15, -0.1) is 0 Å². The molecule has 0 fully saturated rings. The highest BCUT2D eigenvalue weighted by molar-refractivity contribution is 5.86. The number of pyridine rings is 1. The number of aromatic nitrogens is 3. The highest BCUT2D eigenvalue weighted by Gasteiger charge is 2.30. The number of ether oxygens (including phenoxy) is 1. The van der Waals surface area contributed by atoms with E-state index in [1.165, 1.54) is 12.7 Å². The second-order valence-corrected chi connectivity index (χ2v) is 10.5. The number of halogens is 1. The van der Waals surface area contributed by atoms with Crippen LogP contribution in [0.2, 0.25) is 0 Å². The van der Waals surface area contributed by atoms with E-state index in [1.807, 2.05) is 11.0 Å². The Kier molecular flexibility index (Phi) is 10.7. The number of carboxylic acids is 1. The molecule has 0 aliphatic carbocycles. The number of carboxylic acid groups (broad SMARTS) is 1. The van der Waals surface area contributed by atoms with E-state index in [0.717, 1.165) is 68.7 Å². The molecule has 10 nitrogen and oxygen atoms in total. The molecule has 0 spiro atoms.